The second-order valence-corrected chi connectivity index (χ2v) is 13.9. The van der Waals surface area contributed by atoms with Crippen molar-refractivity contribution < 1.29 is 0 Å². The van der Waals surface area contributed by atoms with Gasteiger partial charge in [-0.05, 0) is 130 Å². The quantitative estimate of drug-likeness (QED) is 0.155. The van der Waals surface area contributed by atoms with E-state index in [0.29, 0.717) is 0 Å². The predicted octanol–water partition coefficient (Wildman–Crippen LogP) is 15.4. The van der Waals surface area contributed by atoms with Crippen LogP contribution in [0.25, 0.3) is 38.2 Å². The molecule has 0 spiro atoms. The maximum absolute atomic E-state index is 2.43. The molecular weight excluding hydrogens is 665 g/mol. The van der Waals surface area contributed by atoms with E-state index in [1.54, 1.807) is 0 Å². The summed E-state index contributed by atoms with van der Waals surface area (Å²) in [6.07, 6.45) is 6.58. The smallest absolute Gasteiger partial charge is 0.0468 e. The fraction of sp³-hybridized carbons (Fsp3) is 0.0943. The van der Waals surface area contributed by atoms with E-state index < -0.39 is 0 Å². The van der Waals surface area contributed by atoms with E-state index in [4.69, 9.17) is 0 Å². The first-order valence-corrected chi connectivity index (χ1v) is 19.5. The van der Waals surface area contributed by atoms with Gasteiger partial charge in [-0.25, -0.2) is 0 Å². The molecule has 268 valence electrons. The third-order valence-electron chi connectivity index (χ3n) is 10.4. The number of aryl methyl sites for hydroxylation is 1. The third kappa shape index (κ3) is 7.58. The van der Waals surface area contributed by atoms with Crippen molar-refractivity contribution in [2.75, 3.05) is 9.80 Å². The number of rotatable bonds is 8. The first-order chi connectivity index (χ1) is 27.2. The minimum atomic E-state index is 0.964. The van der Waals surface area contributed by atoms with E-state index in [0.717, 1.165) is 35.6 Å². The van der Waals surface area contributed by atoms with Crippen molar-refractivity contribution >= 4 is 55.6 Å². The third-order valence-corrected chi connectivity index (χ3v) is 10.4. The Kier molecular flexibility index (Phi) is 10.4. The molecule has 1 aliphatic rings. The van der Waals surface area contributed by atoms with Gasteiger partial charge in [0.05, 0.1) is 0 Å². The lowest BCUT2D eigenvalue weighted by Gasteiger charge is -2.30. The van der Waals surface area contributed by atoms with E-state index >= 15 is 0 Å². The summed E-state index contributed by atoms with van der Waals surface area (Å²) in [6.45, 7) is 6.14. The standard InChI is InChI=1S/C51H40N2.C2H6/c1-37-15-25-46(26-16-37)52(50-33-23-39-11-5-7-13-44(39)35-50)47-29-19-42(20-30-47)43-21-31-49(32-22-43)53(51-34-24-40-12-6-8-14-45(40)36-51)48-27-17-41(18-28-48)38-9-3-2-4-10-38;1-2/h2-17,19-27,29-36H,18,28H2,1H3;1-2H3. The maximum atomic E-state index is 2.43. The second-order valence-electron chi connectivity index (χ2n) is 13.9. The zero-order valence-electron chi connectivity index (χ0n) is 31.9. The maximum Gasteiger partial charge on any atom is 0.0468 e. The van der Waals surface area contributed by atoms with Gasteiger partial charge in [0.1, 0.15) is 0 Å². The van der Waals surface area contributed by atoms with E-state index in [2.05, 4.69) is 217 Å². The monoisotopic (exact) mass is 710 g/mol. The largest absolute Gasteiger partial charge is 0.314 e. The average molecular weight is 711 g/mol. The summed E-state index contributed by atoms with van der Waals surface area (Å²) in [6, 6.07) is 68.2. The Morgan fingerprint density at radius 1 is 0.345 bits per heavy atom. The van der Waals surface area contributed by atoms with Crippen LogP contribution in [0.4, 0.5) is 28.4 Å². The summed E-state index contributed by atoms with van der Waals surface area (Å²) >= 11 is 0. The van der Waals surface area contributed by atoms with Crippen molar-refractivity contribution in [3.05, 3.63) is 217 Å². The van der Waals surface area contributed by atoms with Gasteiger partial charge in [0.15, 0.2) is 0 Å². The summed E-state index contributed by atoms with van der Waals surface area (Å²) < 4.78 is 0. The fourth-order valence-corrected chi connectivity index (χ4v) is 7.56. The lowest BCUT2D eigenvalue weighted by Crippen LogP contribution is -2.17. The molecule has 0 aliphatic heterocycles. The number of allylic oxidation sites excluding steroid dienone is 4. The molecule has 8 aromatic carbocycles. The summed E-state index contributed by atoms with van der Waals surface area (Å²) in [7, 11) is 0. The lowest BCUT2D eigenvalue weighted by atomic mass is 9.94. The number of nitrogens with zero attached hydrogens (tertiary/aromatic N) is 2. The zero-order valence-corrected chi connectivity index (χ0v) is 31.9. The highest BCUT2D eigenvalue weighted by Crippen LogP contribution is 2.40. The van der Waals surface area contributed by atoms with Crippen molar-refractivity contribution in [1.29, 1.82) is 0 Å². The highest BCUT2D eigenvalue weighted by Gasteiger charge is 2.19. The first kappa shape index (κ1) is 35.4. The lowest BCUT2D eigenvalue weighted by molar-refractivity contribution is 0.930. The van der Waals surface area contributed by atoms with Crippen LogP contribution in [0.15, 0.2) is 206 Å². The molecule has 0 amide bonds. The van der Waals surface area contributed by atoms with Crippen molar-refractivity contribution in [3.63, 3.8) is 0 Å². The molecule has 0 unspecified atom stereocenters. The van der Waals surface area contributed by atoms with Crippen LogP contribution in [-0.2, 0) is 0 Å². The Hall–Kier alpha value is -6.64. The van der Waals surface area contributed by atoms with Crippen LogP contribution in [0.2, 0.25) is 0 Å². The number of fused-ring (bicyclic) bond motifs is 2. The van der Waals surface area contributed by atoms with Crippen LogP contribution in [0.1, 0.15) is 37.8 Å². The van der Waals surface area contributed by atoms with Crippen molar-refractivity contribution in [2.45, 2.75) is 33.6 Å². The molecule has 0 N–H and O–H groups in total. The molecule has 0 atom stereocenters. The van der Waals surface area contributed by atoms with E-state index in [1.165, 1.54) is 60.8 Å². The first-order valence-electron chi connectivity index (χ1n) is 19.5. The number of benzene rings is 8. The Bertz CT molecular complexity index is 2600. The Morgan fingerprint density at radius 2 is 0.782 bits per heavy atom. The molecule has 2 heteroatoms. The van der Waals surface area contributed by atoms with Gasteiger partial charge < -0.3 is 9.80 Å². The number of anilines is 5. The van der Waals surface area contributed by atoms with Crippen LogP contribution in [0.5, 0.6) is 0 Å². The minimum absolute atomic E-state index is 0.964. The van der Waals surface area contributed by atoms with E-state index in [1.807, 2.05) is 13.8 Å². The van der Waals surface area contributed by atoms with E-state index in [9.17, 15) is 0 Å². The normalized spacial score (nSPS) is 12.3. The van der Waals surface area contributed by atoms with Crippen molar-refractivity contribution in [1.82, 2.24) is 0 Å². The van der Waals surface area contributed by atoms with Gasteiger partial charge in [-0.3, -0.25) is 0 Å². The highest BCUT2D eigenvalue weighted by molar-refractivity contribution is 5.90. The van der Waals surface area contributed by atoms with Crippen molar-refractivity contribution in [3.8, 4) is 11.1 Å². The van der Waals surface area contributed by atoms with Gasteiger partial charge >= 0.3 is 0 Å². The summed E-state index contributed by atoms with van der Waals surface area (Å²) in [5, 5.41) is 4.96. The van der Waals surface area contributed by atoms with Gasteiger partial charge in [0, 0.05) is 34.1 Å². The molecule has 9 rings (SSSR count). The molecule has 0 heterocycles. The van der Waals surface area contributed by atoms with Gasteiger partial charge in [0.25, 0.3) is 0 Å². The fourth-order valence-electron chi connectivity index (χ4n) is 7.56. The molecule has 8 aromatic rings. The molecule has 0 radical (unpaired) electrons. The van der Waals surface area contributed by atoms with E-state index in [-0.39, 0.29) is 0 Å². The Balaban J connectivity index is 0.00000210. The van der Waals surface area contributed by atoms with Gasteiger partial charge in [-0.1, -0.05) is 153 Å². The highest BCUT2D eigenvalue weighted by atomic mass is 15.2. The molecule has 55 heavy (non-hydrogen) atoms. The second kappa shape index (κ2) is 16.2. The summed E-state index contributed by atoms with van der Waals surface area (Å²) in [5.41, 5.74) is 13.3. The molecular formula is C53H46N2. The number of hydrogen-bond acceptors (Lipinski definition) is 2. The molecule has 1 aliphatic carbocycles. The average Bonchev–Trinajstić information content (AvgIpc) is 3.26. The summed E-state index contributed by atoms with van der Waals surface area (Å²) in [5.74, 6) is 0. The Labute approximate surface area is 326 Å². The van der Waals surface area contributed by atoms with Crippen LogP contribution >= 0.6 is 0 Å². The van der Waals surface area contributed by atoms with Gasteiger partial charge in [-0.2, -0.15) is 0 Å². The molecule has 0 aromatic heterocycles. The SMILES string of the molecule is CC.Cc1ccc(N(c2ccc(-c3ccc(N(C4=CC=C(c5ccccc5)CC4)c4ccc5ccccc5c4)cc3)cc2)c2ccc3ccccc3c2)cc1. The van der Waals surface area contributed by atoms with Crippen LogP contribution in [0, 0.1) is 6.92 Å². The number of hydrogen-bond donors (Lipinski definition) is 0. The molecule has 0 fully saturated rings. The Morgan fingerprint density at radius 3 is 1.29 bits per heavy atom. The van der Waals surface area contributed by atoms with Gasteiger partial charge in [-0.15, -0.1) is 0 Å². The van der Waals surface area contributed by atoms with Crippen LogP contribution < -0.4 is 9.80 Å². The summed E-state index contributed by atoms with van der Waals surface area (Å²) in [4.78, 5) is 4.77. The topological polar surface area (TPSA) is 6.48 Å². The van der Waals surface area contributed by atoms with Crippen LogP contribution in [-0.4, -0.2) is 0 Å². The molecule has 0 saturated heterocycles. The predicted molar refractivity (Wildman–Crippen MR) is 238 cm³/mol. The minimum Gasteiger partial charge on any atom is -0.314 e. The van der Waals surface area contributed by atoms with Crippen molar-refractivity contribution in [2.24, 2.45) is 0 Å². The molecule has 2 nitrogen and oxygen atoms in total. The van der Waals surface area contributed by atoms with Crippen LogP contribution in [0.3, 0.4) is 0 Å². The molecule has 0 bridgehead atoms. The zero-order chi connectivity index (χ0) is 37.6. The molecule has 0 saturated carbocycles. The van der Waals surface area contributed by atoms with Gasteiger partial charge in [0.2, 0.25) is 0 Å².